The van der Waals surface area contributed by atoms with Crippen molar-refractivity contribution in [3.05, 3.63) is 35.9 Å². The number of rotatable bonds is 12. The molecule has 0 bridgehead atoms. The molecule has 28 heavy (non-hydrogen) atoms. The summed E-state index contributed by atoms with van der Waals surface area (Å²) >= 11 is 0. The first-order valence-corrected chi connectivity index (χ1v) is 11.0. The number of aliphatic imine (C=N–C) groups is 2. The summed E-state index contributed by atoms with van der Waals surface area (Å²) in [5.41, 5.74) is 0.797. The van der Waals surface area contributed by atoms with E-state index in [1.165, 1.54) is 56.9 Å². The van der Waals surface area contributed by atoms with Crippen molar-refractivity contribution >= 4 is 11.8 Å². The predicted molar refractivity (Wildman–Crippen MR) is 120 cm³/mol. The van der Waals surface area contributed by atoms with Gasteiger partial charge < -0.3 is 5.32 Å². The summed E-state index contributed by atoms with van der Waals surface area (Å²) in [6.07, 6.45) is 12.8. The van der Waals surface area contributed by atoms with Gasteiger partial charge in [0.2, 0.25) is 5.96 Å². The van der Waals surface area contributed by atoms with Crippen LogP contribution in [-0.4, -0.2) is 22.5 Å². The summed E-state index contributed by atoms with van der Waals surface area (Å²) in [5.74, 6) is 7.96. The van der Waals surface area contributed by atoms with E-state index in [1.54, 1.807) is 5.01 Å². The molecule has 2 rings (SSSR count). The Morgan fingerprint density at radius 3 is 2.21 bits per heavy atom. The highest BCUT2D eigenvalue weighted by molar-refractivity contribution is 6.01. The molecule has 1 aromatic carbocycles. The molecule has 0 fully saturated rings. The Labute approximate surface area is 171 Å². The summed E-state index contributed by atoms with van der Waals surface area (Å²) < 4.78 is 0. The number of guanidine groups is 1. The molecule has 156 valence electrons. The van der Waals surface area contributed by atoms with Gasteiger partial charge >= 0.3 is 0 Å². The number of hydrogen-bond donors (Lipinski definition) is 2. The monoisotopic (exact) mass is 385 g/mol. The fourth-order valence-corrected chi connectivity index (χ4v) is 3.50. The number of unbranched alkanes of at least 4 members (excludes halogenated alkanes) is 8. The maximum atomic E-state index is 6.33. The second kappa shape index (κ2) is 11.8. The second-order valence-corrected chi connectivity index (χ2v) is 8.29. The molecular weight excluding hydrogens is 346 g/mol. The van der Waals surface area contributed by atoms with Gasteiger partial charge in [-0.15, -0.1) is 0 Å². The van der Waals surface area contributed by atoms with Crippen LogP contribution in [0.4, 0.5) is 0 Å². The van der Waals surface area contributed by atoms with Crippen molar-refractivity contribution in [2.75, 3.05) is 0 Å². The molecular formula is C23H39N5. The van der Waals surface area contributed by atoms with Gasteiger partial charge in [0.25, 0.3) is 0 Å². The molecule has 3 N–H and O–H groups in total. The third-order valence-electron chi connectivity index (χ3n) is 5.09. The molecule has 1 aliphatic rings. The maximum Gasteiger partial charge on any atom is 0.216 e. The molecule has 0 aromatic heterocycles. The van der Waals surface area contributed by atoms with E-state index in [2.05, 4.69) is 38.2 Å². The molecule has 0 unspecified atom stereocenters. The van der Waals surface area contributed by atoms with Gasteiger partial charge in [-0.1, -0.05) is 88.6 Å². The molecule has 0 saturated heterocycles. The fraction of sp³-hybridized carbons (Fsp3) is 0.652. The highest BCUT2D eigenvalue weighted by Gasteiger charge is 2.29. The van der Waals surface area contributed by atoms with Crippen LogP contribution >= 0.6 is 0 Å². The Balaban J connectivity index is 1.78. The van der Waals surface area contributed by atoms with Crippen molar-refractivity contribution in [3.63, 3.8) is 0 Å². The lowest BCUT2D eigenvalue weighted by atomic mass is 10.1. The van der Waals surface area contributed by atoms with Crippen molar-refractivity contribution in [1.29, 1.82) is 0 Å². The number of nitrogens with two attached hydrogens (primary N) is 1. The zero-order valence-electron chi connectivity index (χ0n) is 18.1. The minimum atomic E-state index is -0.375. The zero-order chi connectivity index (χ0) is 20.2. The lowest BCUT2D eigenvalue weighted by Gasteiger charge is -2.36. The van der Waals surface area contributed by atoms with Crippen LogP contribution in [0.5, 0.6) is 0 Å². The van der Waals surface area contributed by atoms with Crippen LogP contribution in [0, 0.1) is 0 Å². The normalized spacial score (nSPS) is 17.5. The Bertz CT molecular complexity index is 621. The van der Waals surface area contributed by atoms with E-state index < -0.39 is 0 Å². The largest absolute Gasteiger partial charge is 0.331 e. The van der Waals surface area contributed by atoms with Crippen LogP contribution in [0.3, 0.4) is 0 Å². The zero-order valence-corrected chi connectivity index (χ0v) is 18.1. The SMILES string of the molecule is CCCCCCCCCCCC1=NC(C)(C)NC(=NCc2ccccc2)N1N. The van der Waals surface area contributed by atoms with Crippen molar-refractivity contribution in [1.82, 2.24) is 10.3 Å². The van der Waals surface area contributed by atoms with Crippen molar-refractivity contribution in [2.45, 2.75) is 97.2 Å². The molecule has 0 amide bonds. The number of nitrogens with one attached hydrogen (secondary N) is 1. The summed E-state index contributed by atoms with van der Waals surface area (Å²) in [5, 5.41) is 4.98. The van der Waals surface area contributed by atoms with Gasteiger partial charge in [-0.05, 0) is 25.8 Å². The highest BCUT2D eigenvalue weighted by atomic mass is 15.5. The van der Waals surface area contributed by atoms with Gasteiger partial charge in [0.1, 0.15) is 11.5 Å². The van der Waals surface area contributed by atoms with Gasteiger partial charge in [-0.3, -0.25) is 0 Å². The Kier molecular flexibility index (Phi) is 9.48. The first-order valence-electron chi connectivity index (χ1n) is 11.0. The molecule has 0 spiro atoms. The van der Waals surface area contributed by atoms with E-state index in [4.69, 9.17) is 15.8 Å². The lowest BCUT2D eigenvalue weighted by Crippen LogP contribution is -2.60. The first kappa shape index (κ1) is 22.4. The summed E-state index contributed by atoms with van der Waals surface area (Å²) in [6.45, 7) is 7.00. The van der Waals surface area contributed by atoms with Crippen molar-refractivity contribution in [2.24, 2.45) is 15.8 Å². The Hall–Kier alpha value is -1.88. The summed E-state index contributed by atoms with van der Waals surface area (Å²) in [7, 11) is 0. The molecule has 0 saturated carbocycles. The molecule has 5 nitrogen and oxygen atoms in total. The smallest absolute Gasteiger partial charge is 0.216 e. The van der Waals surface area contributed by atoms with Crippen LogP contribution in [0.25, 0.3) is 0 Å². The highest BCUT2D eigenvalue weighted by Crippen LogP contribution is 2.17. The van der Waals surface area contributed by atoms with E-state index >= 15 is 0 Å². The van der Waals surface area contributed by atoms with Gasteiger partial charge in [-0.2, -0.15) is 0 Å². The Morgan fingerprint density at radius 2 is 1.57 bits per heavy atom. The topological polar surface area (TPSA) is 66.0 Å². The van der Waals surface area contributed by atoms with Gasteiger partial charge in [0.05, 0.1) is 6.54 Å². The van der Waals surface area contributed by atoms with E-state index in [0.717, 1.165) is 18.7 Å². The molecule has 0 atom stereocenters. The van der Waals surface area contributed by atoms with E-state index in [1.807, 2.05) is 18.2 Å². The molecule has 1 heterocycles. The number of hydrogen-bond acceptors (Lipinski definition) is 3. The van der Waals surface area contributed by atoms with Crippen LogP contribution in [-0.2, 0) is 6.54 Å². The third kappa shape index (κ3) is 8.01. The maximum absolute atomic E-state index is 6.33. The first-order chi connectivity index (χ1) is 13.5. The van der Waals surface area contributed by atoms with E-state index in [-0.39, 0.29) is 5.66 Å². The third-order valence-corrected chi connectivity index (χ3v) is 5.09. The minimum absolute atomic E-state index is 0.375. The minimum Gasteiger partial charge on any atom is -0.331 e. The standard InChI is InChI=1S/C23H39N5/c1-4-5-6-7-8-9-10-11-15-18-21-26-23(2,3)27-22(28(21)24)25-19-20-16-13-12-14-17-20/h12-14,16-17H,4-11,15,18-19,24H2,1-3H3,(H,25,27). The van der Waals surface area contributed by atoms with E-state index in [9.17, 15) is 0 Å². The lowest BCUT2D eigenvalue weighted by molar-refractivity contribution is 0.410. The van der Waals surface area contributed by atoms with E-state index in [0.29, 0.717) is 12.5 Å². The van der Waals surface area contributed by atoms with Gasteiger partial charge in [0.15, 0.2) is 0 Å². The van der Waals surface area contributed by atoms with Crippen LogP contribution in [0.15, 0.2) is 40.3 Å². The molecule has 1 aromatic rings. The summed E-state index contributed by atoms with van der Waals surface area (Å²) in [6, 6.07) is 10.2. The molecule has 0 radical (unpaired) electrons. The number of benzene rings is 1. The van der Waals surface area contributed by atoms with Crippen molar-refractivity contribution in [3.8, 4) is 0 Å². The fourth-order valence-electron chi connectivity index (χ4n) is 3.50. The second-order valence-electron chi connectivity index (χ2n) is 8.29. The van der Waals surface area contributed by atoms with Gasteiger partial charge in [0, 0.05) is 6.42 Å². The molecule has 5 heteroatoms. The number of amidine groups is 1. The van der Waals surface area contributed by atoms with Gasteiger partial charge in [-0.25, -0.2) is 20.8 Å². The molecule has 0 aliphatic carbocycles. The predicted octanol–water partition coefficient (Wildman–Crippen LogP) is 5.38. The number of nitrogens with zero attached hydrogens (tertiary/aromatic N) is 3. The average Bonchev–Trinajstić information content (AvgIpc) is 2.68. The van der Waals surface area contributed by atoms with Crippen LogP contribution < -0.4 is 11.2 Å². The quantitative estimate of drug-likeness (QED) is 0.375. The molecule has 1 aliphatic heterocycles. The number of hydrazine groups is 1. The average molecular weight is 386 g/mol. The van der Waals surface area contributed by atoms with Crippen LogP contribution in [0.2, 0.25) is 0 Å². The Morgan fingerprint density at radius 1 is 0.964 bits per heavy atom. The van der Waals surface area contributed by atoms with Crippen molar-refractivity contribution < 1.29 is 0 Å². The summed E-state index contributed by atoms with van der Waals surface area (Å²) in [4.78, 5) is 9.49. The van der Waals surface area contributed by atoms with Crippen LogP contribution in [0.1, 0.15) is 90.5 Å².